The van der Waals surface area contributed by atoms with Crippen molar-refractivity contribution in [1.29, 1.82) is 0 Å². The van der Waals surface area contributed by atoms with Gasteiger partial charge in [0.25, 0.3) is 5.92 Å². The lowest BCUT2D eigenvalue weighted by molar-refractivity contribution is -0.0537. The van der Waals surface area contributed by atoms with Crippen LogP contribution in [0, 0.1) is 0 Å². The van der Waals surface area contributed by atoms with Crippen LogP contribution in [0.4, 0.5) is 8.78 Å². The van der Waals surface area contributed by atoms with E-state index in [1.807, 2.05) is 0 Å². The van der Waals surface area contributed by atoms with E-state index in [1.54, 1.807) is 0 Å². The summed E-state index contributed by atoms with van der Waals surface area (Å²) in [7, 11) is 0. The van der Waals surface area contributed by atoms with E-state index in [4.69, 9.17) is 5.11 Å². The van der Waals surface area contributed by atoms with E-state index in [-0.39, 0.29) is 6.04 Å². The first-order valence-electron chi connectivity index (χ1n) is 4.95. The average molecular weight is 209 g/mol. The molecule has 1 rings (SSSR count). The molecule has 0 aromatic rings. The van der Waals surface area contributed by atoms with Crippen molar-refractivity contribution in [1.82, 2.24) is 5.32 Å². The van der Waals surface area contributed by atoms with E-state index in [0.29, 0.717) is 6.42 Å². The number of hydrogen-bond donors (Lipinski definition) is 3. The van der Waals surface area contributed by atoms with Gasteiger partial charge in [-0.15, -0.1) is 0 Å². The molecule has 3 N–H and O–H groups in total. The lowest BCUT2D eigenvalue weighted by atomic mass is 9.92. The molecule has 1 aliphatic carbocycles. The lowest BCUT2D eigenvalue weighted by Crippen LogP contribution is -2.47. The zero-order valence-corrected chi connectivity index (χ0v) is 8.05. The molecule has 2 atom stereocenters. The molecule has 0 spiro atoms. The molecule has 1 fully saturated rings. The Morgan fingerprint density at radius 3 is 2.50 bits per heavy atom. The summed E-state index contributed by atoms with van der Waals surface area (Å²) in [6.45, 7) is -1.71. The summed E-state index contributed by atoms with van der Waals surface area (Å²) in [4.78, 5) is 0. The van der Waals surface area contributed by atoms with Gasteiger partial charge in [-0.1, -0.05) is 12.8 Å². The Labute approximate surface area is 82.1 Å². The second-order valence-corrected chi connectivity index (χ2v) is 3.85. The lowest BCUT2D eigenvalue weighted by Gasteiger charge is -2.29. The van der Waals surface area contributed by atoms with Crippen LogP contribution in [-0.2, 0) is 0 Å². The molecule has 0 saturated heterocycles. The van der Waals surface area contributed by atoms with Gasteiger partial charge in [0.15, 0.2) is 0 Å². The van der Waals surface area contributed by atoms with E-state index in [2.05, 4.69) is 5.32 Å². The molecule has 84 valence electrons. The first kappa shape index (κ1) is 11.8. The van der Waals surface area contributed by atoms with Gasteiger partial charge in [0.1, 0.15) is 6.61 Å². The second-order valence-electron chi connectivity index (χ2n) is 3.85. The van der Waals surface area contributed by atoms with Crippen LogP contribution in [-0.4, -0.2) is 41.4 Å². The third kappa shape index (κ3) is 3.48. The van der Waals surface area contributed by atoms with Crippen LogP contribution in [0.2, 0.25) is 0 Å². The number of halogens is 2. The van der Waals surface area contributed by atoms with E-state index in [9.17, 15) is 13.9 Å². The van der Waals surface area contributed by atoms with Crippen LogP contribution in [0.15, 0.2) is 0 Å². The molecule has 0 bridgehead atoms. The maximum Gasteiger partial charge on any atom is 0.282 e. The van der Waals surface area contributed by atoms with Gasteiger partial charge in [-0.3, -0.25) is 0 Å². The van der Waals surface area contributed by atoms with Gasteiger partial charge in [0, 0.05) is 6.04 Å². The molecule has 0 amide bonds. The number of nitrogens with one attached hydrogen (secondary N) is 1. The molecule has 14 heavy (non-hydrogen) atoms. The number of rotatable bonds is 4. The van der Waals surface area contributed by atoms with Crippen molar-refractivity contribution < 1.29 is 19.0 Å². The van der Waals surface area contributed by atoms with Crippen molar-refractivity contribution in [2.45, 2.75) is 43.8 Å². The largest absolute Gasteiger partial charge is 0.392 e. The number of hydrogen-bond acceptors (Lipinski definition) is 3. The van der Waals surface area contributed by atoms with Crippen LogP contribution < -0.4 is 5.32 Å². The predicted molar refractivity (Wildman–Crippen MR) is 48.3 cm³/mol. The molecular formula is C9H17F2NO2. The highest BCUT2D eigenvalue weighted by molar-refractivity contribution is 4.82. The van der Waals surface area contributed by atoms with E-state index in [0.717, 1.165) is 19.3 Å². The van der Waals surface area contributed by atoms with Crippen molar-refractivity contribution in [3.8, 4) is 0 Å². The molecule has 1 aliphatic rings. The van der Waals surface area contributed by atoms with Crippen LogP contribution in [0.3, 0.4) is 0 Å². The van der Waals surface area contributed by atoms with Gasteiger partial charge in [-0.25, -0.2) is 8.78 Å². The summed E-state index contributed by atoms with van der Waals surface area (Å²) in [6.07, 6.45) is 2.78. The molecular weight excluding hydrogens is 192 g/mol. The third-order valence-corrected chi connectivity index (χ3v) is 2.58. The highest BCUT2D eigenvalue weighted by atomic mass is 19.3. The fourth-order valence-electron chi connectivity index (χ4n) is 1.69. The van der Waals surface area contributed by atoms with Gasteiger partial charge in [-0.05, 0) is 12.8 Å². The minimum atomic E-state index is -3.09. The van der Waals surface area contributed by atoms with E-state index in [1.165, 1.54) is 0 Å². The average Bonchev–Trinajstić information content (AvgIpc) is 2.17. The number of alkyl halides is 2. The SMILES string of the molecule is OCC(F)(F)CN[C@H]1CCCC[C@@H]1O. The number of aliphatic hydroxyl groups is 2. The minimum Gasteiger partial charge on any atom is -0.392 e. The van der Waals surface area contributed by atoms with E-state index < -0.39 is 25.2 Å². The van der Waals surface area contributed by atoms with Crippen LogP contribution >= 0.6 is 0 Å². The summed E-state index contributed by atoms with van der Waals surface area (Å²) in [5.74, 6) is -3.09. The topological polar surface area (TPSA) is 52.5 Å². The number of aliphatic hydroxyl groups excluding tert-OH is 2. The quantitative estimate of drug-likeness (QED) is 0.632. The first-order chi connectivity index (χ1) is 6.55. The molecule has 1 saturated carbocycles. The molecule has 0 unspecified atom stereocenters. The summed E-state index contributed by atoms with van der Waals surface area (Å²) < 4.78 is 25.3. The van der Waals surface area contributed by atoms with Crippen LogP contribution in [0.25, 0.3) is 0 Å². The van der Waals surface area contributed by atoms with Gasteiger partial charge in [0.05, 0.1) is 12.6 Å². The minimum absolute atomic E-state index is 0.249. The Bertz CT molecular complexity index is 178. The molecule has 0 radical (unpaired) electrons. The first-order valence-corrected chi connectivity index (χ1v) is 4.95. The van der Waals surface area contributed by atoms with Gasteiger partial charge in [-0.2, -0.15) is 0 Å². The van der Waals surface area contributed by atoms with Gasteiger partial charge >= 0.3 is 0 Å². The van der Waals surface area contributed by atoms with Crippen LogP contribution in [0.1, 0.15) is 25.7 Å². The van der Waals surface area contributed by atoms with Crippen molar-refractivity contribution in [2.75, 3.05) is 13.2 Å². The summed E-state index contributed by atoms with van der Waals surface area (Å²) in [6, 6.07) is -0.249. The highest BCUT2D eigenvalue weighted by Crippen LogP contribution is 2.19. The standard InChI is InChI=1S/C9H17F2NO2/c10-9(11,6-13)5-12-7-3-1-2-4-8(7)14/h7-8,12-14H,1-6H2/t7-,8-/m0/s1. The maximum atomic E-state index is 12.6. The Balaban J connectivity index is 2.29. The van der Waals surface area contributed by atoms with E-state index >= 15 is 0 Å². The second kappa shape index (κ2) is 5.00. The van der Waals surface area contributed by atoms with Gasteiger partial charge in [0.2, 0.25) is 0 Å². The fourth-order valence-corrected chi connectivity index (χ4v) is 1.69. The molecule has 0 heterocycles. The third-order valence-electron chi connectivity index (χ3n) is 2.58. The smallest absolute Gasteiger partial charge is 0.282 e. The molecule has 3 nitrogen and oxygen atoms in total. The highest BCUT2D eigenvalue weighted by Gasteiger charge is 2.30. The zero-order valence-electron chi connectivity index (χ0n) is 8.05. The summed E-state index contributed by atoms with van der Waals surface area (Å²) >= 11 is 0. The fraction of sp³-hybridized carbons (Fsp3) is 1.00. The summed E-state index contributed by atoms with van der Waals surface area (Å²) in [5, 5.41) is 20.4. The predicted octanol–water partition coefficient (Wildman–Crippen LogP) is 0.507. The Hall–Kier alpha value is -0.260. The van der Waals surface area contributed by atoms with Crippen molar-refractivity contribution >= 4 is 0 Å². The molecule has 5 heteroatoms. The van der Waals surface area contributed by atoms with Gasteiger partial charge < -0.3 is 15.5 Å². The maximum absolute atomic E-state index is 12.6. The Morgan fingerprint density at radius 2 is 1.93 bits per heavy atom. The Morgan fingerprint density at radius 1 is 1.29 bits per heavy atom. The zero-order chi connectivity index (χ0) is 10.6. The van der Waals surface area contributed by atoms with Crippen molar-refractivity contribution in [3.63, 3.8) is 0 Å². The molecule has 0 aliphatic heterocycles. The normalized spacial score (nSPS) is 29.1. The van der Waals surface area contributed by atoms with Crippen molar-refractivity contribution in [2.24, 2.45) is 0 Å². The summed E-state index contributed by atoms with van der Waals surface area (Å²) in [5.41, 5.74) is 0. The Kier molecular flexibility index (Phi) is 4.22. The monoisotopic (exact) mass is 209 g/mol. The molecule has 0 aromatic heterocycles. The van der Waals surface area contributed by atoms with Crippen LogP contribution in [0.5, 0.6) is 0 Å². The van der Waals surface area contributed by atoms with Crippen molar-refractivity contribution in [3.05, 3.63) is 0 Å². The molecule has 0 aromatic carbocycles.